The minimum atomic E-state index is -3.62. The van der Waals surface area contributed by atoms with Crippen LogP contribution in [-0.2, 0) is 21.4 Å². The number of anilines is 1. The predicted molar refractivity (Wildman–Crippen MR) is 118 cm³/mol. The van der Waals surface area contributed by atoms with Gasteiger partial charge in [0.2, 0.25) is 15.9 Å². The van der Waals surface area contributed by atoms with Crippen molar-refractivity contribution in [3.8, 4) is 6.07 Å². The van der Waals surface area contributed by atoms with E-state index in [-0.39, 0.29) is 16.7 Å². The summed E-state index contributed by atoms with van der Waals surface area (Å²) in [5.41, 5.74) is 2.71. The molecule has 4 rings (SSSR count). The number of hydrogen-bond acceptors (Lipinski definition) is 5. The van der Waals surface area contributed by atoms with Crippen LogP contribution in [0.2, 0.25) is 0 Å². The van der Waals surface area contributed by atoms with Gasteiger partial charge in [0.25, 0.3) is 0 Å². The first-order chi connectivity index (χ1) is 14.9. The summed E-state index contributed by atoms with van der Waals surface area (Å²) in [6.07, 6.45) is 1.03. The molecule has 0 unspecified atom stereocenters. The Balaban J connectivity index is 1.41. The molecule has 0 atom stereocenters. The second-order valence-corrected chi connectivity index (χ2v) is 10.1. The first kappa shape index (κ1) is 21.3. The fourth-order valence-corrected chi connectivity index (χ4v) is 5.80. The van der Waals surface area contributed by atoms with Crippen LogP contribution in [0.5, 0.6) is 0 Å². The average Bonchev–Trinajstić information content (AvgIpc) is 2.98. The highest BCUT2D eigenvalue weighted by Gasteiger charge is 2.34. The van der Waals surface area contributed by atoms with Crippen molar-refractivity contribution in [1.29, 1.82) is 5.26 Å². The maximum absolute atomic E-state index is 13.2. The number of fused-ring (bicyclic) bond motifs is 1. The molecule has 2 aliphatic heterocycles. The second kappa shape index (κ2) is 8.69. The highest BCUT2D eigenvalue weighted by Crippen LogP contribution is 2.28. The first-order valence-electron chi connectivity index (χ1n) is 10.5. The van der Waals surface area contributed by atoms with Crippen LogP contribution in [0.25, 0.3) is 0 Å². The zero-order valence-electron chi connectivity index (χ0n) is 17.6. The quantitative estimate of drug-likeness (QED) is 0.735. The summed E-state index contributed by atoms with van der Waals surface area (Å²) in [5, 5.41) is 8.91. The lowest BCUT2D eigenvalue weighted by Crippen LogP contribution is -2.45. The van der Waals surface area contributed by atoms with E-state index in [0.29, 0.717) is 44.6 Å². The largest absolute Gasteiger partial charge is 0.373 e. The molecule has 0 spiro atoms. The van der Waals surface area contributed by atoms with Crippen molar-refractivity contribution in [3.05, 3.63) is 59.7 Å². The molecule has 7 nitrogen and oxygen atoms in total. The van der Waals surface area contributed by atoms with Crippen molar-refractivity contribution < 1.29 is 13.2 Å². The van der Waals surface area contributed by atoms with Gasteiger partial charge in [-0.2, -0.15) is 9.57 Å². The summed E-state index contributed by atoms with van der Waals surface area (Å²) in [5.74, 6) is -0.0523. The number of para-hydroxylation sites is 1. The zero-order chi connectivity index (χ0) is 22.0. The van der Waals surface area contributed by atoms with E-state index in [1.54, 1.807) is 0 Å². The molecular weight excluding hydrogens is 412 g/mol. The smallest absolute Gasteiger partial charge is 0.243 e. The normalized spacial score (nSPS) is 18.2. The van der Waals surface area contributed by atoms with Crippen LogP contribution in [0.4, 0.5) is 5.69 Å². The summed E-state index contributed by atoms with van der Waals surface area (Å²) in [6.45, 7) is 2.66. The molecule has 31 heavy (non-hydrogen) atoms. The fourth-order valence-electron chi connectivity index (χ4n) is 4.33. The van der Waals surface area contributed by atoms with Crippen molar-refractivity contribution in [2.45, 2.75) is 24.3 Å². The summed E-state index contributed by atoms with van der Waals surface area (Å²) < 4.78 is 27.3. The SMILES string of the molecule is CN1CCN(C(=O)C2CCN(S(=O)(=O)c3ccc(C#N)cc3)CC2)Cc2ccccc21. The number of carbonyl (C=O) groups excluding carboxylic acids is 1. The number of hydrogen-bond donors (Lipinski definition) is 0. The minimum Gasteiger partial charge on any atom is -0.373 e. The van der Waals surface area contributed by atoms with Gasteiger partial charge in [0.1, 0.15) is 0 Å². The van der Waals surface area contributed by atoms with Crippen LogP contribution in [0.3, 0.4) is 0 Å². The lowest BCUT2D eigenvalue weighted by atomic mass is 9.96. The highest BCUT2D eigenvalue weighted by atomic mass is 32.2. The lowest BCUT2D eigenvalue weighted by Gasteiger charge is -2.33. The van der Waals surface area contributed by atoms with E-state index in [1.807, 2.05) is 30.1 Å². The molecule has 0 saturated carbocycles. The first-order valence-corrected chi connectivity index (χ1v) is 11.9. The van der Waals surface area contributed by atoms with Gasteiger partial charge < -0.3 is 9.80 Å². The van der Waals surface area contributed by atoms with E-state index >= 15 is 0 Å². The second-order valence-electron chi connectivity index (χ2n) is 8.12. The molecule has 2 aromatic rings. The Labute approximate surface area is 183 Å². The number of carbonyl (C=O) groups is 1. The van der Waals surface area contributed by atoms with Gasteiger partial charge in [-0.3, -0.25) is 4.79 Å². The molecular formula is C23H26N4O3S. The Morgan fingerprint density at radius 2 is 1.68 bits per heavy atom. The average molecular weight is 439 g/mol. The van der Waals surface area contributed by atoms with E-state index in [4.69, 9.17) is 5.26 Å². The van der Waals surface area contributed by atoms with Gasteiger partial charge in [0, 0.05) is 51.4 Å². The Hall–Kier alpha value is -2.89. The molecule has 0 radical (unpaired) electrons. The van der Waals surface area contributed by atoms with Crippen LogP contribution in [0, 0.1) is 17.2 Å². The van der Waals surface area contributed by atoms with Gasteiger partial charge in [-0.15, -0.1) is 0 Å². The summed E-state index contributed by atoms with van der Waals surface area (Å²) in [6, 6.07) is 16.1. The molecule has 2 aromatic carbocycles. The number of likely N-dealkylation sites (N-methyl/N-ethyl adjacent to an activating group) is 1. The minimum absolute atomic E-state index is 0.112. The van der Waals surface area contributed by atoms with Crippen molar-refractivity contribution in [3.63, 3.8) is 0 Å². The Kier molecular flexibility index (Phi) is 5.99. The third-order valence-corrected chi connectivity index (χ3v) is 8.12. The van der Waals surface area contributed by atoms with Gasteiger partial charge in [-0.05, 0) is 48.7 Å². The molecule has 1 saturated heterocycles. The molecule has 8 heteroatoms. The predicted octanol–water partition coefficient (Wildman–Crippen LogP) is 2.44. The highest BCUT2D eigenvalue weighted by molar-refractivity contribution is 7.89. The standard InChI is InChI=1S/C23H26N4O3S/c1-25-14-15-26(17-20-4-2-3-5-22(20)25)23(28)19-10-12-27(13-11-19)31(29,30)21-8-6-18(16-24)7-9-21/h2-9,19H,10-15,17H2,1H3. The molecule has 1 amide bonds. The topological polar surface area (TPSA) is 84.7 Å². The molecule has 2 heterocycles. The number of nitriles is 1. The maximum atomic E-state index is 13.2. The third kappa shape index (κ3) is 4.29. The van der Waals surface area contributed by atoms with E-state index in [9.17, 15) is 13.2 Å². The number of amides is 1. The molecule has 0 bridgehead atoms. The number of piperidine rings is 1. The van der Waals surface area contributed by atoms with E-state index in [0.717, 1.165) is 17.8 Å². The third-order valence-electron chi connectivity index (χ3n) is 6.21. The Morgan fingerprint density at radius 3 is 2.35 bits per heavy atom. The van der Waals surface area contributed by atoms with Gasteiger partial charge in [-0.1, -0.05) is 18.2 Å². The van der Waals surface area contributed by atoms with Crippen molar-refractivity contribution in [1.82, 2.24) is 9.21 Å². The van der Waals surface area contributed by atoms with Crippen LogP contribution < -0.4 is 4.90 Å². The lowest BCUT2D eigenvalue weighted by molar-refractivity contribution is -0.137. The number of rotatable bonds is 3. The Morgan fingerprint density at radius 1 is 1.00 bits per heavy atom. The monoisotopic (exact) mass is 438 g/mol. The Bertz CT molecular complexity index is 1100. The molecule has 0 aromatic heterocycles. The number of benzene rings is 2. The number of nitrogens with zero attached hydrogens (tertiary/aromatic N) is 4. The van der Waals surface area contributed by atoms with Crippen LogP contribution in [0.1, 0.15) is 24.0 Å². The molecule has 1 fully saturated rings. The van der Waals surface area contributed by atoms with Crippen LogP contribution in [-0.4, -0.2) is 56.8 Å². The molecule has 0 N–H and O–H groups in total. The number of sulfonamides is 1. The molecule has 162 valence electrons. The van der Waals surface area contributed by atoms with Crippen LogP contribution in [0.15, 0.2) is 53.4 Å². The molecule has 2 aliphatic rings. The van der Waals surface area contributed by atoms with Crippen molar-refractivity contribution in [2.24, 2.45) is 5.92 Å². The maximum Gasteiger partial charge on any atom is 0.243 e. The van der Waals surface area contributed by atoms with Crippen LogP contribution >= 0.6 is 0 Å². The zero-order valence-corrected chi connectivity index (χ0v) is 18.4. The van der Waals surface area contributed by atoms with Crippen molar-refractivity contribution >= 4 is 21.6 Å². The summed E-state index contributed by atoms with van der Waals surface area (Å²) in [7, 11) is -1.58. The van der Waals surface area contributed by atoms with E-state index in [2.05, 4.69) is 17.0 Å². The molecule has 0 aliphatic carbocycles. The van der Waals surface area contributed by atoms with E-state index in [1.165, 1.54) is 28.6 Å². The summed E-state index contributed by atoms with van der Waals surface area (Å²) in [4.78, 5) is 17.5. The van der Waals surface area contributed by atoms with Crippen molar-refractivity contribution in [2.75, 3.05) is 38.1 Å². The van der Waals surface area contributed by atoms with E-state index < -0.39 is 10.0 Å². The van der Waals surface area contributed by atoms with Gasteiger partial charge >= 0.3 is 0 Å². The van der Waals surface area contributed by atoms with Gasteiger partial charge in [-0.25, -0.2) is 8.42 Å². The van der Waals surface area contributed by atoms with Gasteiger partial charge in [0.15, 0.2) is 0 Å². The fraction of sp³-hybridized carbons (Fsp3) is 0.391. The summed E-state index contributed by atoms with van der Waals surface area (Å²) >= 11 is 0. The van der Waals surface area contributed by atoms with Gasteiger partial charge in [0.05, 0.1) is 16.5 Å².